The van der Waals surface area contributed by atoms with E-state index >= 15 is 0 Å². The summed E-state index contributed by atoms with van der Waals surface area (Å²) in [5.41, 5.74) is -2.67. The minimum Gasteiger partial charge on any atom is -0.454 e. The number of alkyl halides is 3. The summed E-state index contributed by atoms with van der Waals surface area (Å²) in [4.78, 5) is 0. The van der Waals surface area contributed by atoms with Gasteiger partial charge in [-0.2, -0.15) is 0 Å². The van der Waals surface area contributed by atoms with Gasteiger partial charge in [-0.05, 0) is 59.7 Å². The molecular weight excluding hydrogens is 448 g/mol. The zero-order valence-corrected chi connectivity index (χ0v) is 18.1. The first-order chi connectivity index (χ1) is 15.0. The number of hydrogen-bond donors (Lipinski definition) is 0. The highest BCUT2D eigenvalue weighted by molar-refractivity contribution is 6.20. The molecule has 0 saturated carbocycles. The Morgan fingerprint density at radius 1 is 0.844 bits per heavy atom. The first-order valence-electron chi connectivity index (χ1n) is 9.68. The van der Waals surface area contributed by atoms with Crippen molar-refractivity contribution in [2.45, 2.75) is 31.4 Å². The summed E-state index contributed by atoms with van der Waals surface area (Å²) in [5, 5.41) is 0. The molecule has 0 N–H and O–H groups in total. The Bertz CT molecular complexity index is 1030. The predicted molar refractivity (Wildman–Crippen MR) is 113 cm³/mol. The molecule has 0 atom stereocenters. The zero-order valence-electron chi connectivity index (χ0n) is 17.4. The minimum atomic E-state index is -3.77. The summed E-state index contributed by atoms with van der Waals surface area (Å²) in [7, 11) is 0. The van der Waals surface area contributed by atoms with Crippen molar-refractivity contribution in [1.82, 2.24) is 0 Å². The van der Waals surface area contributed by atoms with Crippen LogP contribution >= 0.6 is 11.6 Å². The predicted octanol–water partition coefficient (Wildman–Crippen LogP) is 7.42. The maximum atomic E-state index is 14.1. The fourth-order valence-electron chi connectivity index (χ4n) is 2.96. The summed E-state index contributed by atoms with van der Waals surface area (Å²) >= 11 is 4.77. The molecule has 0 bridgehead atoms. The molecule has 0 radical (unpaired) electrons. The Balaban J connectivity index is 1.59. The van der Waals surface area contributed by atoms with Crippen LogP contribution < -0.4 is 9.47 Å². The summed E-state index contributed by atoms with van der Waals surface area (Å²) < 4.78 is 68.2. The molecule has 0 aliphatic heterocycles. The van der Waals surface area contributed by atoms with Crippen LogP contribution in [0.15, 0.2) is 66.7 Å². The van der Waals surface area contributed by atoms with Gasteiger partial charge in [0.1, 0.15) is 17.3 Å². The van der Waals surface area contributed by atoms with Crippen LogP contribution in [-0.4, -0.2) is 12.2 Å². The van der Waals surface area contributed by atoms with Crippen LogP contribution in [0.4, 0.5) is 17.6 Å². The fourth-order valence-corrected chi connectivity index (χ4v) is 3.05. The molecular formula is C24H21ClF4O3. The Kier molecular flexibility index (Phi) is 7.31. The second-order valence-corrected chi connectivity index (χ2v) is 8.21. The van der Waals surface area contributed by atoms with Gasteiger partial charge in [-0.3, -0.25) is 0 Å². The molecule has 3 rings (SSSR count). The first-order valence-corrected chi connectivity index (χ1v) is 10.1. The Morgan fingerprint density at radius 2 is 1.47 bits per heavy atom. The Labute approximate surface area is 188 Å². The summed E-state index contributed by atoms with van der Waals surface area (Å²) in [6.07, 6.45) is 0. The van der Waals surface area contributed by atoms with Gasteiger partial charge in [-0.1, -0.05) is 32.0 Å². The van der Waals surface area contributed by atoms with E-state index in [1.165, 1.54) is 48.5 Å². The minimum absolute atomic E-state index is 0.00338. The molecule has 0 aliphatic rings. The maximum Gasteiger partial charge on any atom is 0.487 e. The third kappa shape index (κ3) is 6.87. The zero-order chi connectivity index (χ0) is 23.4. The third-order valence-corrected chi connectivity index (χ3v) is 4.72. The number of benzene rings is 3. The van der Waals surface area contributed by atoms with Gasteiger partial charge in [0.2, 0.25) is 0 Å². The standard InChI is InChI=1S/C24H21ClF4O3/c1-23(2,17-4-8-20(9-5-17)32-24(25,28)29)15-30-14-16-3-12-21(27)22(13-16)31-19-10-6-18(26)7-11-19/h3-13H,14-15H2,1-2H3. The van der Waals surface area contributed by atoms with E-state index in [9.17, 15) is 17.6 Å². The molecule has 32 heavy (non-hydrogen) atoms. The number of halogens is 5. The van der Waals surface area contributed by atoms with E-state index in [4.69, 9.17) is 21.1 Å². The summed E-state index contributed by atoms with van der Waals surface area (Å²) in [6.45, 7) is 4.38. The Morgan fingerprint density at radius 3 is 2.09 bits per heavy atom. The monoisotopic (exact) mass is 468 g/mol. The summed E-state index contributed by atoms with van der Waals surface area (Å²) in [6, 6.07) is 15.8. The molecule has 0 saturated heterocycles. The molecule has 8 heteroatoms. The van der Waals surface area contributed by atoms with Crippen LogP contribution in [-0.2, 0) is 16.8 Å². The average Bonchev–Trinajstić information content (AvgIpc) is 2.71. The lowest BCUT2D eigenvalue weighted by atomic mass is 9.85. The molecule has 0 heterocycles. The van der Waals surface area contributed by atoms with E-state index in [0.717, 1.165) is 5.56 Å². The second kappa shape index (κ2) is 9.79. The summed E-state index contributed by atoms with van der Waals surface area (Å²) in [5.74, 6) is -0.706. The molecule has 170 valence electrons. The van der Waals surface area contributed by atoms with Crippen LogP contribution in [0.25, 0.3) is 0 Å². The van der Waals surface area contributed by atoms with E-state index in [1.54, 1.807) is 18.2 Å². The largest absolute Gasteiger partial charge is 0.487 e. The van der Waals surface area contributed by atoms with E-state index in [1.807, 2.05) is 13.8 Å². The smallest absolute Gasteiger partial charge is 0.454 e. The van der Waals surface area contributed by atoms with Gasteiger partial charge in [0.25, 0.3) is 0 Å². The lowest BCUT2D eigenvalue weighted by Gasteiger charge is -2.25. The van der Waals surface area contributed by atoms with E-state index in [0.29, 0.717) is 17.9 Å². The molecule has 0 aliphatic carbocycles. The van der Waals surface area contributed by atoms with Crippen molar-refractivity contribution < 1.29 is 31.8 Å². The van der Waals surface area contributed by atoms with Gasteiger partial charge in [0.05, 0.1) is 13.2 Å². The van der Waals surface area contributed by atoms with Gasteiger partial charge in [0.15, 0.2) is 11.6 Å². The second-order valence-electron chi connectivity index (χ2n) is 7.77. The van der Waals surface area contributed by atoms with Crippen molar-refractivity contribution in [1.29, 1.82) is 0 Å². The molecule has 0 amide bonds. The highest BCUT2D eigenvalue weighted by Crippen LogP contribution is 2.30. The van der Waals surface area contributed by atoms with Crippen molar-refractivity contribution in [3.63, 3.8) is 0 Å². The highest BCUT2D eigenvalue weighted by atomic mass is 35.5. The SMILES string of the molecule is CC(C)(COCc1ccc(F)c(Oc2ccc(F)cc2)c1)c1ccc(OC(F)(F)Cl)cc1. The van der Waals surface area contributed by atoms with Gasteiger partial charge >= 0.3 is 5.57 Å². The van der Waals surface area contributed by atoms with Crippen molar-refractivity contribution in [2.24, 2.45) is 0 Å². The van der Waals surface area contributed by atoms with Crippen molar-refractivity contribution in [3.05, 3.63) is 89.5 Å². The van der Waals surface area contributed by atoms with Gasteiger partial charge in [-0.15, -0.1) is 8.78 Å². The Hall–Kier alpha value is -2.77. The molecule has 0 spiro atoms. The highest BCUT2D eigenvalue weighted by Gasteiger charge is 2.28. The molecule has 3 aromatic carbocycles. The maximum absolute atomic E-state index is 14.1. The van der Waals surface area contributed by atoms with Gasteiger partial charge < -0.3 is 14.2 Å². The van der Waals surface area contributed by atoms with Crippen LogP contribution in [0.1, 0.15) is 25.0 Å². The average molecular weight is 469 g/mol. The van der Waals surface area contributed by atoms with Crippen LogP contribution in [0.2, 0.25) is 0 Å². The fraction of sp³-hybridized carbons (Fsp3) is 0.250. The topological polar surface area (TPSA) is 27.7 Å². The molecule has 0 fully saturated rings. The van der Waals surface area contributed by atoms with Crippen molar-refractivity contribution >= 4 is 11.6 Å². The lowest BCUT2D eigenvalue weighted by Crippen LogP contribution is -2.24. The first kappa shape index (κ1) is 23.9. The van der Waals surface area contributed by atoms with Crippen molar-refractivity contribution in [3.8, 4) is 17.2 Å². The third-order valence-electron chi connectivity index (χ3n) is 4.64. The molecule has 3 nitrogen and oxygen atoms in total. The number of hydrogen-bond acceptors (Lipinski definition) is 3. The van der Waals surface area contributed by atoms with Crippen LogP contribution in [0, 0.1) is 11.6 Å². The van der Waals surface area contributed by atoms with Crippen molar-refractivity contribution in [2.75, 3.05) is 6.61 Å². The van der Waals surface area contributed by atoms with E-state index in [-0.39, 0.29) is 18.1 Å². The number of ether oxygens (including phenoxy) is 3. The van der Waals surface area contributed by atoms with Gasteiger partial charge in [0, 0.05) is 17.0 Å². The lowest BCUT2D eigenvalue weighted by molar-refractivity contribution is -0.0964. The quantitative estimate of drug-likeness (QED) is 0.241. The van der Waals surface area contributed by atoms with E-state index in [2.05, 4.69) is 4.74 Å². The van der Waals surface area contributed by atoms with Crippen LogP contribution in [0.3, 0.4) is 0 Å². The van der Waals surface area contributed by atoms with Gasteiger partial charge in [-0.25, -0.2) is 8.78 Å². The molecule has 3 aromatic rings. The van der Waals surface area contributed by atoms with E-state index < -0.39 is 22.6 Å². The number of rotatable bonds is 9. The molecule has 0 aromatic heterocycles. The molecule has 0 unspecified atom stereocenters. The van der Waals surface area contributed by atoms with Crippen LogP contribution in [0.5, 0.6) is 17.2 Å². The normalized spacial score (nSPS) is 12.0.